The fraction of sp³-hybridized carbons (Fsp3) is 0.400. The van der Waals surface area contributed by atoms with Gasteiger partial charge in [0.2, 0.25) is 0 Å². The van der Waals surface area contributed by atoms with Gasteiger partial charge in [0.1, 0.15) is 5.82 Å². The van der Waals surface area contributed by atoms with Gasteiger partial charge in [-0.15, -0.1) is 0 Å². The number of nitrogens with two attached hydrogens (primary N) is 1. The van der Waals surface area contributed by atoms with Crippen LogP contribution >= 0.6 is 0 Å². The van der Waals surface area contributed by atoms with Gasteiger partial charge in [0.15, 0.2) is 0 Å². The third-order valence-corrected chi connectivity index (χ3v) is 3.60. The molecular weight excluding hydrogens is 222 g/mol. The molecule has 3 nitrogen and oxygen atoms in total. The van der Waals surface area contributed by atoms with Gasteiger partial charge in [0, 0.05) is 30.9 Å². The van der Waals surface area contributed by atoms with E-state index >= 15 is 0 Å². The molecule has 1 atom stereocenters. The molecule has 0 radical (unpaired) electrons. The molecule has 1 heterocycles. The Labute approximate surface area is 109 Å². The summed E-state index contributed by atoms with van der Waals surface area (Å²) in [6, 6.07) is 10.3. The molecule has 0 aliphatic rings. The van der Waals surface area contributed by atoms with E-state index in [4.69, 9.17) is 5.73 Å². The van der Waals surface area contributed by atoms with Crippen LogP contribution in [0.15, 0.2) is 42.7 Å². The van der Waals surface area contributed by atoms with Gasteiger partial charge in [-0.2, -0.15) is 0 Å². The minimum absolute atomic E-state index is 0.334. The van der Waals surface area contributed by atoms with Crippen LogP contribution in [-0.2, 0) is 18.5 Å². The fourth-order valence-electron chi connectivity index (χ4n) is 2.28. The van der Waals surface area contributed by atoms with Gasteiger partial charge >= 0.3 is 0 Å². The first-order valence-corrected chi connectivity index (χ1v) is 6.54. The molecule has 2 rings (SSSR count). The average Bonchev–Trinajstić information content (AvgIpc) is 2.86. The molecule has 0 fully saturated rings. The molecule has 0 amide bonds. The molecule has 3 heteroatoms. The van der Waals surface area contributed by atoms with Crippen LogP contribution in [0.2, 0.25) is 0 Å². The van der Waals surface area contributed by atoms with E-state index < -0.39 is 0 Å². The minimum atomic E-state index is -0.334. The van der Waals surface area contributed by atoms with E-state index in [0.717, 1.165) is 25.2 Å². The lowest BCUT2D eigenvalue weighted by atomic mass is 9.85. The summed E-state index contributed by atoms with van der Waals surface area (Å²) in [5.74, 6) is 1.06. The van der Waals surface area contributed by atoms with E-state index in [1.807, 2.05) is 30.6 Å². The minimum Gasteiger partial charge on any atom is -0.335 e. The number of nitrogens with zero attached hydrogens (tertiary/aromatic N) is 2. The Bertz CT molecular complexity index is 489. The molecule has 0 saturated heterocycles. The molecule has 2 aromatic rings. The summed E-state index contributed by atoms with van der Waals surface area (Å²) >= 11 is 0. The first-order chi connectivity index (χ1) is 8.69. The first kappa shape index (κ1) is 12.8. The highest BCUT2D eigenvalue weighted by Gasteiger charge is 2.27. The standard InChI is InChI=1S/C15H21N3/c1-3-15(16,13-8-6-5-7-9-13)12-14-17-10-11-18(14)4-2/h5-11H,3-4,12,16H2,1-2H3. The second kappa shape index (κ2) is 5.36. The lowest BCUT2D eigenvalue weighted by Gasteiger charge is -2.28. The third-order valence-electron chi connectivity index (χ3n) is 3.60. The highest BCUT2D eigenvalue weighted by atomic mass is 15.1. The summed E-state index contributed by atoms with van der Waals surface area (Å²) in [5, 5.41) is 0. The molecule has 18 heavy (non-hydrogen) atoms. The van der Waals surface area contributed by atoms with Crippen molar-refractivity contribution < 1.29 is 0 Å². The highest BCUT2D eigenvalue weighted by Crippen LogP contribution is 2.25. The summed E-state index contributed by atoms with van der Waals surface area (Å²) < 4.78 is 2.15. The van der Waals surface area contributed by atoms with Crippen molar-refractivity contribution in [1.29, 1.82) is 0 Å². The Morgan fingerprint density at radius 2 is 1.94 bits per heavy atom. The Kier molecular flexibility index (Phi) is 3.82. The maximum Gasteiger partial charge on any atom is 0.110 e. The summed E-state index contributed by atoms with van der Waals surface area (Å²) in [6.45, 7) is 5.19. The quantitative estimate of drug-likeness (QED) is 0.877. The van der Waals surface area contributed by atoms with Crippen molar-refractivity contribution in [3.63, 3.8) is 0 Å². The second-order valence-electron chi connectivity index (χ2n) is 4.68. The normalized spacial score (nSPS) is 14.4. The third kappa shape index (κ3) is 2.46. The zero-order valence-corrected chi connectivity index (χ0v) is 11.1. The van der Waals surface area contributed by atoms with E-state index in [-0.39, 0.29) is 5.54 Å². The van der Waals surface area contributed by atoms with Crippen LogP contribution in [-0.4, -0.2) is 9.55 Å². The maximum absolute atomic E-state index is 6.58. The molecular formula is C15H21N3. The van der Waals surface area contributed by atoms with Gasteiger partial charge in [0.05, 0.1) is 0 Å². The van der Waals surface area contributed by atoms with Gasteiger partial charge in [-0.3, -0.25) is 0 Å². The molecule has 0 spiro atoms. The second-order valence-corrected chi connectivity index (χ2v) is 4.68. The lowest BCUT2D eigenvalue weighted by molar-refractivity contribution is 0.407. The van der Waals surface area contributed by atoms with Crippen molar-refractivity contribution in [1.82, 2.24) is 9.55 Å². The number of benzene rings is 1. The summed E-state index contributed by atoms with van der Waals surface area (Å²) in [5.41, 5.74) is 7.43. The number of aryl methyl sites for hydroxylation is 1. The molecule has 1 aromatic heterocycles. The monoisotopic (exact) mass is 243 g/mol. The summed E-state index contributed by atoms with van der Waals surface area (Å²) in [4.78, 5) is 4.43. The Morgan fingerprint density at radius 3 is 2.56 bits per heavy atom. The molecule has 0 aliphatic heterocycles. The molecule has 2 N–H and O–H groups in total. The number of rotatable bonds is 5. The molecule has 0 bridgehead atoms. The predicted octanol–water partition coefficient (Wildman–Crippen LogP) is 2.71. The van der Waals surface area contributed by atoms with E-state index in [1.165, 1.54) is 5.56 Å². The maximum atomic E-state index is 6.58. The number of imidazole rings is 1. The van der Waals surface area contributed by atoms with Crippen LogP contribution in [0.5, 0.6) is 0 Å². The first-order valence-electron chi connectivity index (χ1n) is 6.54. The SMILES string of the molecule is CCn1ccnc1CC(N)(CC)c1ccccc1. The van der Waals surface area contributed by atoms with Crippen LogP contribution in [0.3, 0.4) is 0 Å². The van der Waals surface area contributed by atoms with Crippen LogP contribution in [0, 0.1) is 0 Å². The van der Waals surface area contributed by atoms with Crippen molar-refractivity contribution in [2.24, 2.45) is 5.73 Å². The van der Waals surface area contributed by atoms with Gasteiger partial charge in [-0.1, -0.05) is 37.3 Å². The smallest absolute Gasteiger partial charge is 0.110 e. The number of hydrogen-bond donors (Lipinski definition) is 1. The molecule has 0 saturated carbocycles. The zero-order valence-electron chi connectivity index (χ0n) is 11.1. The largest absolute Gasteiger partial charge is 0.335 e. The van der Waals surface area contributed by atoms with Crippen molar-refractivity contribution in [3.8, 4) is 0 Å². The van der Waals surface area contributed by atoms with Crippen molar-refractivity contribution >= 4 is 0 Å². The van der Waals surface area contributed by atoms with Gasteiger partial charge < -0.3 is 10.3 Å². The van der Waals surface area contributed by atoms with Crippen molar-refractivity contribution in [3.05, 3.63) is 54.1 Å². The topological polar surface area (TPSA) is 43.8 Å². The Morgan fingerprint density at radius 1 is 1.22 bits per heavy atom. The van der Waals surface area contributed by atoms with Crippen LogP contribution in [0.4, 0.5) is 0 Å². The van der Waals surface area contributed by atoms with Crippen LogP contribution < -0.4 is 5.73 Å². The summed E-state index contributed by atoms with van der Waals surface area (Å²) in [7, 11) is 0. The van der Waals surface area contributed by atoms with Crippen molar-refractivity contribution in [2.45, 2.75) is 38.8 Å². The molecule has 96 valence electrons. The lowest BCUT2D eigenvalue weighted by Crippen LogP contribution is -2.39. The number of aromatic nitrogens is 2. The van der Waals surface area contributed by atoms with Gasteiger partial charge in [-0.05, 0) is 18.9 Å². The number of hydrogen-bond acceptors (Lipinski definition) is 2. The molecule has 1 unspecified atom stereocenters. The van der Waals surface area contributed by atoms with E-state index in [2.05, 4.69) is 35.5 Å². The zero-order chi connectivity index (χ0) is 13.0. The van der Waals surface area contributed by atoms with E-state index in [0.29, 0.717) is 0 Å². The van der Waals surface area contributed by atoms with Gasteiger partial charge in [0.25, 0.3) is 0 Å². The van der Waals surface area contributed by atoms with Crippen molar-refractivity contribution in [2.75, 3.05) is 0 Å². The highest BCUT2D eigenvalue weighted by molar-refractivity contribution is 5.25. The average molecular weight is 243 g/mol. The fourth-order valence-corrected chi connectivity index (χ4v) is 2.28. The van der Waals surface area contributed by atoms with Crippen LogP contribution in [0.25, 0.3) is 0 Å². The van der Waals surface area contributed by atoms with Gasteiger partial charge in [-0.25, -0.2) is 4.98 Å². The Hall–Kier alpha value is -1.61. The Balaban J connectivity index is 2.29. The molecule has 0 aliphatic carbocycles. The molecule has 1 aromatic carbocycles. The predicted molar refractivity (Wildman–Crippen MR) is 74.2 cm³/mol. The van der Waals surface area contributed by atoms with Crippen LogP contribution in [0.1, 0.15) is 31.7 Å². The van der Waals surface area contributed by atoms with E-state index in [9.17, 15) is 0 Å². The van der Waals surface area contributed by atoms with E-state index in [1.54, 1.807) is 0 Å². The summed E-state index contributed by atoms with van der Waals surface area (Å²) in [6.07, 6.45) is 5.53.